The van der Waals surface area contributed by atoms with Gasteiger partial charge in [-0.3, -0.25) is 5.84 Å². The fraction of sp³-hybridized carbons (Fsp3) is 0.0833. The van der Waals surface area contributed by atoms with Gasteiger partial charge in [-0.25, -0.2) is 10.4 Å². The van der Waals surface area contributed by atoms with Crippen molar-refractivity contribution in [2.75, 3.05) is 0 Å². The number of thiazole rings is 1. The van der Waals surface area contributed by atoms with Crippen molar-refractivity contribution >= 4 is 33.9 Å². The van der Waals surface area contributed by atoms with Gasteiger partial charge in [0.1, 0.15) is 17.4 Å². The number of nitrogens with one attached hydrogen (secondary N) is 1. The molecule has 0 saturated carbocycles. The van der Waals surface area contributed by atoms with Crippen LogP contribution < -0.4 is 11.3 Å². The summed E-state index contributed by atoms with van der Waals surface area (Å²) >= 11 is 7.47. The molecule has 4 nitrogen and oxygen atoms in total. The maximum Gasteiger partial charge on any atom is 0.134 e. The molecule has 0 bridgehead atoms. The number of aromatic nitrogens is 1. The van der Waals surface area contributed by atoms with E-state index < -0.39 is 0 Å². The van der Waals surface area contributed by atoms with E-state index in [1.165, 1.54) is 11.3 Å². The lowest BCUT2D eigenvalue weighted by Crippen LogP contribution is -2.28. The molecule has 3 aromatic rings. The monoisotopic (exact) mass is 279 g/mol. The van der Waals surface area contributed by atoms with Crippen LogP contribution in [0.25, 0.3) is 11.0 Å². The molecule has 0 radical (unpaired) electrons. The molecule has 0 fully saturated rings. The first kappa shape index (κ1) is 11.7. The van der Waals surface area contributed by atoms with Crippen LogP contribution in [0, 0.1) is 0 Å². The van der Waals surface area contributed by atoms with Gasteiger partial charge < -0.3 is 4.42 Å². The standard InChI is InChI=1S/C12H10ClN3OS/c13-8-1-2-10-7(3-8)4-11(17-10)12(16-14)9-5-18-6-15-9/h1-6,12,16H,14H2. The van der Waals surface area contributed by atoms with Crippen LogP contribution in [0.5, 0.6) is 0 Å². The Labute approximate surface area is 112 Å². The first-order valence-corrected chi connectivity index (χ1v) is 6.63. The Balaban J connectivity index is 2.07. The number of hydrogen-bond donors (Lipinski definition) is 2. The zero-order valence-electron chi connectivity index (χ0n) is 9.26. The fourth-order valence-electron chi connectivity index (χ4n) is 1.85. The van der Waals surface area contributed by atoms with E-state index in [1.807, 2.05) is 23.6 Å². The number of halogens is 1. The number of benzene rings is 1. The Morgan fingerprint density at radius 2 is 2.28 bits per heavy atom. The predicted octanol–water partition coefficient (Wildman–Crippen LogP) is 3.10. The number of nitrogens with two attached hydrogens (primary N) is 1. The summed E-state index contributed by atoms with van der Waals surface area (Å²) in [5.41, 5.74) is 6.10. The summed E-state index contributed by atoms with van der Waals surface area (Å²) in [4.78, 5) is 4.24. The molecule has 2 heterocycles. The summed E-state index contributed by atoms with van der Waals surface area (Å²) in [5.74, 6) is 6.30. The Morgan fingerprint density at radius 1 is 1.39 bits per heavy atom. The Morgan fingerprint density at radius 3 is 3.00 bits per heavy atom. The summed E-state index contributed by atoms with van der Waals surface area (Å²) in [5, 5.41) is 3.57. The third-order valence-electron chi connectivity index (χ3n) is 2.70. The van der Waals surface area contributed by atoms with Gasteiger partial charge in [0, 0.05) is 15.8 Å². The van der Waals surface area contributed by atoms with E-state index in [-0.39, 0.29) is 6.04 Å². The number of fused-ring (bicyclic) bond motifs is 1. The van der Waals surface area contributed by atoms with Crippen LogP contribution in [-0.4, -0.2) is 4.98 Å². The third kappa shape index (κ3) is 2.02. The molecule has 1 atom stereocenters. The van der Waals surface area contributed by atoms with Crippen LogP contribution in [0.4, 0.5) is 0 Å². The van der Waals surface area contributed by atoms with E-state index in [0.29, 0.717) is 5.02 Å². The van der Waals surface area contributed by atoms with E-state index in [4.69, 9.17) is 21.9 Å². The smallest absolute Gasteiger partial charge is 0.134 e. The second-order valence-electron chi connectivity index (χ2n) is 3.84. The van der Waals surface area contributed by atoms with Crippen molar-refractivity contribution in [1.29, 1.82) is 0 Å². The van der Waals surface area contributed by atoms with Crippen molar-refractivity contribution in [1.82, 2.24) is 10.4 Å². The maximum atomic E-state index is 5.95. The molecule has 1 unspecified atom stereocenters. The largest absolute Gasteiger partial charge is 0.459 e. The number of hydrogen-bond acceptors (Lipinski definition) is 5. The van der Waals surface area contributed by atoms with Crippen LogP contribution in [-0.2, 0) is 0 Å². The van der Waals surface area contributed by atoms with E-state index in [0.717, 1.165) is 22.4 Å². The number of rotatable bonds is 3. The maximum absolute atomic E-state index is 5.95. The van der Waals surface area contributed by atoms with Gasteiger partial charge in [-0.1, -0.05) is 11.6 Å². The normalized spacial score (nSPS) is 13.0. The quantitative estimate of drug-likeness (QED) is 0.571. The van der Waals surface area contributed by atoms with Crippen molar-refractivity contribution in [3.8, 4) is 0 Å². The van der Waals surface area contributed by atoms with E-state index in [9.17, 15) is 0 Å². The molecule has 6 heteroatoms. The highest BCUT2D eigenvalue weighted by Gasteiger charge is 2.18. The lowest BCUT2D eigenvalue weighted by molar-refractivity contribution is 0.472. The second-order valence-corrected chi connectivity index (χ2v) is 5.00. The van der Waals surface area contributed by atoms with Gasteiger partial charge in [-0.15, -0.1) is 11.3 Å². The van der Waals surface area contributed by atoms with Crippen molar-refractivity contribution < 1.29 is 4.42 Å². The van der Waals surface area contributed by atoms with Crippen LogP contribution in [0.3, 0.4) is 0 Å². The molecular weight excluding hydrogens is 270 g/mol. The SMILES string of the molecule is NNC(c1cscn1)c1cc2cc(Cl)ccc2o1. The van der Waals surface area contributed by atoms with Crippen molar-refractivity contribution in [3.63, 3.8) is 0 Å². The molecule has 1 aromatic carbocycles. The van der Waals surface area contributed by atoms with E-state index in [1.54, 1.807) is 11.6 Å². The molecule has 0 saturated heterocycles. The molecule has 2 aromatic heterocycles. The molecule has 0 aliphatic carbocycles. The molecule has 92 valence electrons. The minimum Gasteiger partial charge on any atom is -0.459 e. The second kappa shape index (κ2) is 4.70. The van der Waals surface area contributed by atoms with E-state index in [2.05, 4.69) is 10.4 Å². The third-order valence-corrected chi connectivity index (χ3v) is 3.54. The zero-order valence-corrected chi connectivity index (χ0v) is 10.8. The highest BCUT2D eigenvalue weighted by Crippen LogP contribution is 2.29. The van der Waals surface area contributed by atoms with Gasteiger partial charge in [0.25, 0.3) is 0 Å². The number of furan rings is 1. The molecule has 3 rings (SSSR count). The van der Waals surface area contributed by atoms with Crippen molar-refractivity contribution in [2.24, 2.45) is 5.84 Å². The molecule has 0 aliphatic rings. The Kier molecular flexibility index (Phi) is 3.05. The highest BCUT2D eigenvalue weighted by molar-refractivity contribution is 7.07. The van der Waals surface area contributed by atoms with Crippen LogP contribution >= 0.6 is 22.9 Å². The number of hydrazine groups is 1. The molecule has 18 heavy (non-hydrogen) atoms. The summed E-state index contributed by atoms with van der Waals surface area (Å²) in [6.07, 6.45) is 0. The fourth-order valence-corrected chi connectivity index (χ4v) is 2.62. The van der Waals surface area contributed by atoms with Gasteiger partial charge >= 0.3 is 0 Å². The minimum absolute atomic E-state index is 0.248. The average molecular weight is 280 g/mol. The topological polar surface area (TPSA) is 64.1 Å². The van der Waals surface area contributed by atoms with Crippen molar-refractivity contribution in [3.05, 3.63) is 51.6 Å². The van der Waals surface area contributed by atoms with Gasteiger partial charge in [-0.05, 0) is 24.3 Å². The Bertz CT molecular complexity index is 665. The first-order chi connectivity index (χ1) is 8.78. The van der Waals surface area contributed by atoms with Crippen LogP contribution in [0.2, 0.25) is 5.02 Å². The lowest BCUT2D eigenvalue weighted by atomic mass is 10.1. The van der Waals surface area contributed by atoms with Crippen molar-refractivity contribution in [2.45, 2.75) is 6.04 Å². The Hall–Kier alpha value is -1.40. The lowest BCUT2D eigenvalue weighted by Gasteiger charge is -2.09. The van der Waals surface area contributed by atoms with Gasteiger partial charge in [0.15, 0.2) is 0 Å². The number of nitrogens with zero attached hydrogens (tertiary/aromatic N) is 1. The minimum atomic E-state index is -0.248. The molecule has 0 aliphatic heterocycles. The summed E-state index contributed by atoms with van der Waals surface area (Å²) in [6, 6.07) is 7.17. The van der Waals surface area contributed by atoms with Crippen LogP contribution in [0.15, 0.2) is 39.6 Å². The summed E-state index contributed by atoms with van der Waals surface area (Å²) in [6.45, 7) is 0. The zero-order chi connectivity index (χ0) is 12.5. The predicted molar refractivity (Wildman–Crippen MR) is 72.5 cm³/mol. The van der Waals surface area contributed by atoms with Gasteiger partial charge in [0.2, 0.25) is 0 Å². The van der Waals surface area contributed by atoms with Crippen LogP contribution in [0.1, 0.15) is 17.5 Å². The molecule has 0 amide bonds. The molecule has 0 spiro atoms. The summed E-state index contributed by atoms with van der Waals surface area (Å²) in [7, 11) is 0. The van der Waals surface area contributed by atoms with Gasteiger partial charge in [0.05, 0.1) is 11.2 Å². The average Bonchev–Trinajstić information content (AvgIpc) is 2.98. The van der Waals surface area contributed by atoms with Gasteiger partial charge in [-0.2, -0.15) is 0 Å². The first-order valence-electron chi connectivity index (χ1n) is 5.31. The molecule has 3 N–H and O–H groups in total. The molecular formula is C12H10ClN3OS. The highest BCUT2D eigenvalue weighted by atomic mass is 35.5. The van der Waals surface area contributed by atoms with E-state index >= 15 is 0 Å². The summed E-state index contributed by atoms with van der Waals surface area (Å²) < 4.78 is 5.76.